The van der Waals surface area contributed by atoms with Crippen LogP contribution in [0.15, 0.2) is 24.3 Å². The molecular weight excluding hydrogens is 234 g/mol. The Bertz CT molecular complexity index is 410. The quantitative estimate of drug-likeness (QED) is 0.870. The van der Waals surface area contributed by atoms with E-state index in [0.717, 1.165) is 12.3 Å². The molecular formula is C17H27NO. The fourth-order valence-corrected chi connectivity index (χ4v) is 3.92. The summed E-state index contributed by atoms with van der Waals surface area (Å²) in [6, 6.07) is 9.21. The first-order valence-electron chi connectivity index (χ1n) is 7.39. The third-order valence-electron chi connectivity index (χ3n) is 4.74. The summed E-state index contributed by atoms with van der Waals surface area (Å²) in [4.78, 5) is 0. The van der Waals surface area contributed by atoms with Gasteiger partial charge in [0.15, 0.2) is 0 Å². The van der Waals surface area contributed by atoms with E-state index >= 15 is 0 Å². The largest absolute Gasteiger partial charge is 0.497 e. The third-order valence-corrected chi connectivity index (χ3v) is 4.74. The molecule has 0 heterocycles. The number of hydrogen-bond donors (Lipinski definition) is 1. The second-order valence-electron chi connectivity index (χ2n) is 6.36. The molecule has 106 valence electrons. The van der Waals surface area contributed by atoms with Gasteiger partial charge in [-0.1, -0.05) is 39.8 Å². The Labute approximate surface area is 117 Å². The van der Waals surface area contributed by atoms with E-state index < -0.39 is 0 Å². The van der Waals surface area contributed by atoms with E-state index in [1.807, 2.05) is 0 Å². The Kier molecular flexibility index (Phi) is 4.19. The Morgan fingerprint density at radius 2 is 1.84 bits per heavy atom. The molecule has 2 rings (SSSR count). The van der Waals surface area contributed by atoms with Crippen LogP contribution >= 0.6 is 0 Å². The van der Waals surface area contributed by atoms with Crippen molar-refractivity contribution < 1.29 is 4.74 Å². The van der Waals surface area contributed by atoms with Crippen LogP contribution in [0.2, 0.25) is 0 Å². The van der Waals surface area contributed by atoms with E-state index in [0.29, 0.717) is 23.3 Å². The highest BCUT2D eigenvalue weighted by Crippen LogP contribution is 2.56. The lowest BCUT2D eigenvalue weighted by molar-refractivity contribution is 0.000562. The molecule has 2 heteroatoms. The lowest BCUT2D eigenvalue weighted by atomic mass is 9.50. The van der Waals surface area contributed by atoms with Crippen LogP contribution in [0.5, 0.6) is 5.75 Å². The fourth-order valence-electron chi connectivity index (χ4n) is 3.92. The zero-order chi connectivity index (χ0) is 14.0. The topological polar surface area (TPSA) is 21.3 Å². The van der Waals surface area contributed by atoms with E-state index in [-0.39, 0.29) is 0 Å². The molecule has 0 aromatic heterocycles. The minimum atomic E-state index is 0.323. The molecule has 0 bridgehead atoms. The zero-order valence-corrected chi connectivity index (χ0v) is 12.9. The summed E-state index contributed by atoms with van der Waals surface area (Å²) < 4.78 is 5.24. The molecule has 1 aromatic carbocycles. The average molecular weight is 261 g/mol. The van der Waals surface area contributed by atoms with Crippen molar-refractivity contribution in [3.05, 3.63) is 29.8 Å². The van der Waals surface area contributed by atoms with Gasteiger partial charge in [0.2, 0.25) is 0 Å². The van der Waals surface area contributed by atoms with Gasteiger partial charge in [-0.05, 0) is 47.9 Å². The van der Waals surface area contributed by atoms with Crippen LogP contribution in [0.4, 0.5) is 0 Å². The van der Waals surface area contributed by atoms with Crippen molar-refractivity contribution in [3.8, 4) is 5.75 Å². The summed E-state index contributed by atoms with van der Waals surface area (Å²) >= 11 is 0. The van der Waals surface area contributed by atoms with Crippen molar-refractivity contribution in [3.63, 3.8) is 0 Å². The second kappa shape index (κ2) is 5.54. The number of hydrogen-bond acceptors (Lipinski definition) is 2. The van der Waals surface area contributed by atoms with Crippen LogP contribution in [0.3, 0.4) is 0 Å². The predicted octanol–water partition coefficient (Wildman–Crippen LogP) is 3.82. The van der Waals surface area contributed by atoms with Crippen molar-refractivity contribution in [2.45, 2.75) is 46.1 Å². The third kappa shape index (κ3) is 2.51. The van der Waals surface area contributed by atoms with Gasteiger partial charge in [0.05, 0.1) is 7.11 Å². The van der Waals surface area contributed by atoms with Gasteiger partial charge in [-0.15, -0.1) is 0 Å². The first kappa shape index (κ1) is 14.4. The van der Waals surface area contributed by atoms with Gasteiger partial charge in [-0.25, -0.2) is 0 Å². The summed E-state index contributed by atoms with van der Waals surface area (Å²) in [6.07, 6.45) is 1.20. The molecule has 1 aliphatic rings. The molecule has 1 aromatic rings. The molecule has 0 saturated heterocycles. The number of methoxy groups -OCH3 is 1. The fraction of sp³-hybridized carbons (Fsp3) is 0.647. The normalized spacial score (nSPS) is 28.8. The molecule has 1 N–H and O–H groups in total. The Balaban J connectivity index is 2.12. The average Bonchev–Trinajstić information content (AvgIpc) is 2.39. The van der Waals surface area contributed by atoms with E-state index in [9.17, 15) is 0 Å². The molecule has 1 fully saturated rings. The van der Waals surface area contributed by atoms with E-state index in [1.165, 1.54) is 12.0 Å². The van der Waals surface area contributed by atoms with Crippen LogP contribution in [-0.4, -0.2) is 19.7 Å². The van der Waals surface area contributed by atoms with Gasteiger partial charge in [-0.2, -0.15) is 0 Å². The van der Waals surface area contributed by atoms with Crippen LogP contribution in [0.25, 0.3) is 0 Å². The predicted molar refractivity (Wildman–Crippen MR) is 80.8 cm³/mol. The monoisotopic (exact) mass is 261 g/mol. The Hall–Kier alpha value is -1.02. The maximum atomic E-state index is 5.24. The van der Waals surface area contributed by atoms with Crippen LogP contribution < -0.4 is 10.1 Å². The van der Waals surface area contributed by atoms with Crippen LogP contribution in [-0.2, 0) is 0 Å². The summed E-state index contributed by atoms with van der Waals surface area (Å²) in [6.45, 7) is 10.5. The highest BCUT2D eigenvalue weighted by molar-refractivity contribution is 5.34. The molecule has 3 unspecified atom stereocenters. The molecule has 0 spiro atoms. The van der Waals surface area contributed by atoms with Crippen molar-refractivity contribution in [1.29, 1.82) is 0 Å². The molecule has 3 atom stereocenters. The molecule has 1 aliphatic carbocycles. The van der Waals surface area contributed by atoms with E-state index in [2.05, 4.69) is 57.3 Å². The van der Waals surface area contributed by atoms with Gasteiger partial charge in [0.1, 0.15) is 5.75 Å². The van der Waals surface area contributed by atoms with Crippen LogP contribution in [0, 0.1) is 11.3 Å². The smallest absolute Gasteiger partial charge is 0.118 e. The first-order chi connectivity index (χ1) is 9.02. The number of benzene rings is 1. The van der Waals surface area contributed by atoms with Gasteiger partial charge >= 0.3 is 0 Å². The van der Waals surface area contributed by atoms with Crippen molar-refractivity contribution >= 4 is 0 Å². The lowest BCUT2D eigenvalue weighted by Gasteiger charge is -2.58. The van der Waals surface area contributed by atoms with Crippen molar-refractivity contribution in [2.24, 2.45) is 11.3 Å². The zero-order valence-electron chi connectivity index (χ0n) is 12.9. The summed E-state index contributed by atoms with van der Waals surface area (Å²) in [5.74, 6) is 2.26. The number of ether oxygens (including phenoxy) is 1. The summed E-state index contributed by atoms with van der Waals surface area (Å²) in [5.41, 5.74) is 1.76. The minimum absolute atomic E-state index is 0.323. The van der Waals surface area contributed by atoms with Gasteiger partial charge < -0.3 is 10.1 Å². The summed E-state index contributed by atoms with van der Waals surface area (Å²) in [5, 5.41) is 3.71. The number of rotatable bonds is 5. The van der Waals surface area contributed by atoms with Gasteiger partial charge in [0, 0.05) is 6.04 Å². The SMILES string of the molecule is CCCNC1C(C)C(c2ccc(OC)cc2)C1(C)C. The Morgan fingerprint density at radius 3 is 2.32 bits per heavy atom. The van der Waals surface area contributed by atoms with Crippen molar-refractivity contribution in [2.75, 3.05) is 13.7 Å². The standard InChI is InChI=1S/C17H27NO/c1-6-11-18-16-12(2)15(17(16,3)4)13-7-9-14(19-5)10-8-13/h7-10,12,15-16,18H,6,11H2,1-5H3. The van der Waals surface area contributed by atoms with E-state index in [4.69, 9.17) is 4.74 Å². The van der Waals surface area contributed by atoms with Gasteiger partial charge in [-0.3, -0.25) is 0 Å². The molecule has 1 saturated carbocycles. The molecule has 0 amide bonds. The minimum Gasteiger partial charge on any atom is -0.497 e. The molecule has 19 heavy (non-hydrogen) atoms. The van der Waals surface area contributed by atoms with Crippen molar-refractivity contribution in [1.82, 2.24) is 5.32 Å². The van der Waals surface area contributed by atoms with E-state index in [1.54, 1.807) is 7.11 Å². The lowest BCUT2D eigenvalue weighted by Crippen LogP contribution is -2.61. The Morgan fingerprint density at radius 1 is 1.21 bits per heavy atom. The maximum absolute atomic E-state index is 5.24. The maximum Gasteiger partial charge on any atom is 0.118 e. The first-order valence-corrected chi connectivity index (χ1v) is 7.39. The number of nitrogens with one attached hydrogen (secondary N) is 1. The highest BCUT2D eigenvalue weighted by atomic mass is 16.5. The van der Waals surface area contributed by atoms with Gasteiger partial charge in [0.25, 0.3) is 0 Å². The molecule has 0 aliphatic heterocycles. The molecule has 0 radical (unpaired) electrons. The second-order valence-corrected chi connectivity index (χ2v) is 6.36. The summed E-state index contributed by atoms with van der Waals surface area (Å²) in [7, 11) is 1.72. The highest BCUT2D eigenvalue weighted by Gasteiger charge is 2.53. The van der Waals surface area contributed by atoms with Crippen LogP contribution in [0.1, 0.15) is 45.6 Å². The molecule has 2 nitrogen and oxygen atoms in total.